The molecule has 6 heteroatoms. The molecule has 1 fully saturated rings. The molecule has 106 valence electrons. The Morgan fingerprint density at radius 1 is 1.65 bits per heavy atom. The van der Waals surface area contributed by atoms with E-state index in [4.69, 9.17) is 11.0 Å². The first kappa shape index (κ1) is 14.3. The number of piperidine rings is 1. The van der Waals surface area contributed by atoms with E-state index in [9.17, 15) is 4.79 Å². The summed E-state index contributed by atoms with van der Waals surface area (Å²) in [5, 5.41) is 11.8. The van der Waals surface area contributed by atoms with Crippen LogP contribution in [-0.4, -0.2) is 37.1 Å². The highest BCUT2D eigenvalue weighted by atomic mass is 16.1. The molecule has 1 saturated heterocycles. The minimum absolute atomic E-state index is 0.0390. The Morgan fingerprint density at radius 3 is 3.25 bits per heavy atom. The minimum Gasteiger partial charge on any atom is -0.356 e. The van der Waals surface area contributed by atoms with Gasteiger partial charge < -0.3 is 16.0 Å². The zero-order chi connectivity index (χ0) is 14.4. The topological polar surface area (TPSA) is 95.0 Å². The summed E-state index contributed by atoms with van der Waals surface area (Å²) in [5.41, 5.74) is 5.98. The van der Waals surface area contributed by atoms with Gasteiger partial charge in [0.2, 0.25) is 5.91 Å². The van der Waals surface area contributed by atoms with Crippen molar-refractivity contribution in [2.75, 3.05) is 31.1 Å². The van der Waals surface area contributed by atoms with Gasteiger partial charge in [0.05, 0.1) is 17.6 Å². The summed E-state index contributed by atoms with van der Waals surface area (Å²) >= 11 is 0. The van der Waals surface area contributed by atoms with Crippen molar-refractivity contribution in [1.29, 1.82) is 5.26 Å². The molecule has 1 aromatic heterocycles. The quantitative estimate of drug-likeness (QED) is 0.819. The maximum absolute atomic E-state index is 12.0. The van der Waals surface area contributed by atoms with Crippen LogP contribution in [0.5, 0.6) is 0 Å². The van der Waals surface area contributed by atoms with Crippen LogP contribution in [0.4, 0.5) is 5.82 Å². The molecule has 0 spiro atoms. The van der Waals surface area contributed by atoms with Gasteiger partial charge in [-0.2, -0.15) is 5.26 Å². The van der Waals surface area contributed by atoms with E-state index in [0.717, 1.165) is 25.2 Å². The second-order valence-electron chi connectivity index (χ2n) is 4.88. The van der Waals surface area contributed by atoms with E-state index < -0.39 is 0 Å². The van der Waals surface area contributed by atoms with Gasteiger partial charge in [-0.15, -0.1) is 0 Å². The lowest BCUT2D eigenvalue weighted by Crippen LogP contribution is -2.44. The first-order valence-corrected chi connectivity index (χ1v) is 6.83. The fourth-order valence-corrected chi connectivity index (χ4v) is 2.40. The lowest BCUT2D eigenvalue weighted by atomic mass is 9.97. The Labute approximate surface area is 118 Å². The van der Waals surface area contributed by atoms with Crippen LogP contribution in [-0.2, 0) is 4.79 Å². The fourth-order valence-electron chi connectivity index (χ4n) is 2.40. The van der Waals surface area contributed by atoms with E-state index in [-0.39, 0.29) is 11.8 Å². The van der Waals surface area contributed by atoms with Gasteiger partial charge in [0, 0.05) is 32.4 Å². The van der Waals surface area contributed by atoms with E-state index in [2.05, 4.69) is 21.3 Å². The molecule has 0 bridgehead atoms. The van der Waals surface area contributed by atoms with Gasteiger partial charge in [0.1, 0.15) is 5.82 Å². The third-order valence-electron chi connectivity index (χ3n) is 3.43. The summed E-state index contributed by atoms with van der Waals surface area (Å²) in [6.45, 7) is 2.46. The van der Waals surface area contributed by atoms with Crippen molar-refractivity contribution in [3.05, 3.63) is 23.9 Å². The molecule has 1 unspecified atom stereocenters. The van der Waals surface area contributed by atoms with Crippen LogP contribution in [0, 0.1) is 17.2 Å². The molecule has 20 heavy (non-hydrogen) atoms. The summed E-state index contributed by atoms with van der Waals surface area (Å²) in [7, 11) is 0. The first-order valence-electron chi connectivity index (χ1n) is 6.83. The molecule has 1 atom stereocenters. The molecule has 1 amide bonds. The zero-order valence-electron chi connectivity index (χ0n) is 11.4. The Hall–Kier alpha value is -2.13. The average Bonchev–Trinajstić information content (AvgIpc) is 2.52. The molecule has 2 rings (SSSR count). The van der Waals surface area contributed by atoms with Crippen LogP contribution in [0.2, 0.25) is 0 Å². The zero-order valence-corrected chi connectivity index (χ0v) is 11.4. The number of nitrogens with zero attached hydrogens (tertiary/aromatic N) is 3. The molecule has 2 heterocycles. The Morgan fingerprint density at radius 2 is 2.50 bits per heavy atom. The van der Waals surface area contributed by atoms with Gasteiger partial charge in [-0.25, -0.2) is 4.98 Å². The Balaban J connectivity index is 2.03. The highest BCUT2D eigenvalue weighted by Crippen LogP contribution is 2.22. The monoisotopic (exact) mass is 273 g/mol. The van der Waals surface area contributed by atoms with Crippen LogP contribution in [0.25, 0.3) is 0 Å². The average molecular weight is 273 g/mol. The van der Waals surface area contributed by atoms with Crippen molar-refractivity contribution in [3.8, 4) is 6.07 Å². The van der Waals surface area contributed by atoms with Crippen molar-refractivity contribution < 1.29 is 4.79 Å². The number of hydrogen-bond donors (Lipinski definition) is 2. The standard InChI is InChI=1S/C14H19N5O/c15-4-6-18-14(20)12-2-1-7-19(10-12)13-8-11(9-16)3-5-17-13/h3,5,8,12H,1-2,4,6-7,10,15H2,(H,18,20). The first-order chi connectivity index (χ1) is 9.74. The lowest BCUT2D eigenvalue weighted by molar-refractivity contribution is -0.125. The van der Waals surface area contributed by atoms with Crippen molar-refractivity contribution in [3.63, 3.8) is 0 Å². The number of nitrogens with one attached hydrogen (secondary N) is 1. The number of nitrogens with two attached hydrogens (primary N) is 1. The Kier molecular flexibility index (Phi) is 4.91. The summed E-state index contributed by atoms with van der Waals surface area (Å²) in [4.78, 5) is 18.3. The van der Waals surface area contributed by atoms with Crippen molar-refractivity contribution in [1.82, 2.24) is 10.3 Å². The van der Waals surface area contributed by atoms with Gasteiger partial charge >= 0.3 is 0 Å². The number of anilines is 1. The second-order valence-corrected chi connectivity index (χ2v) is 4.88. The molecular weight excluding hydrogens is 254 g/mol. The normalized spacial score (nSPS) is 18.4. The highest BCUT2D eigenvalue weighted by molar-refractivity contribution is 5.79. The molecule has 1 aromatic rings. The molecule has 0 aromatic carbocycles. The number of pyridine rings is 1. The smallest absolute Gasteiger partial charge is 0.224 e. The number of carbonyl (C=O) groups excluding carboxylic acids is 1. The van der Waals surface area contributed by atoms with Crippen LogP contribution in [0.1, 0.15) is 18.4 Å². The van der Waals surface area contributed by atoms with Crippen LogP contribution >= 0.6 is 0 Å². The molecule has 0 radical (unpaired) electrons. The van der Waals surface area contributed by atoms with E-state index in [0.29, 0.717) is 25.2 Å². The van der Waals surface area contributed by atoms with Crippen LogP contribution in [0.15, 0.2) is 18.3 Å². The number of nitriles is 1. The van der Waals surface area contributed by atoms with E-state index in [1.807, 2.05) is 0 Å². The van der Waals surface area contributed by atoms with E-state index in [1.54, 1.807) is 18.3 Å². The molecule has 0 aliphatic carbocycles. The largest absolute Gasteiger partial charge is 0.356 e. The van der Waals surface area contributed by atoms with E-state index >= 15 is 0 Å². The number of hydrogen-bond acceptors (Lipinski definition) is 5. The number of aromatic nitrogens is 1. The molecule has 1 aliphatic heterocycles. The molecule has 6 nitrogen and oxygen atoms in total. The lowest BCUT2D eigenvalue weighted by Gasteiger charge is -2.32. The predicted molar refractivity (Wildman–Crippen MR) is 76.0 cm³/mol. The number of amides is 1. The van der Waals surface area contributed by atoms with E-state index in [1.165, 1.54) is 0 Å². The summed E-state index contributed by atoms with van der Waals surface area (Å²) < 4.78 is 0. The predicted octanol–water partition coefficient (Wildman–Crippen LogP) is 0.245. The van der Waals surface area contributed by atoms with Gasteiger partial charge in [0.25, 0.3) is 0 Å². The van der Waals surface area contributed by atoms with Crippen molar-refractivity contribution >= 4 is 11.7 Å². The molecular formula is C14H19N5O. The Bertz CT molecular complexity index is 511. The van der Waals surface area contributed by atoms with Crippen molar-refractivity contribution in [2.24, 2.45) is 11.7 Å². The van der Waals surface area contributed by atoms with Gasteiger partial charge in [0.15, 0.2) is 0 Å². The van der Waals surface area contributed by atoms with Crippen LogP contribution in [0.3, 0.4) is 0 Å². The molecule has 1 aliphatic rings. The summed E-state index contributed by atoms with van der Waals surface area (Å²) in [5.74, 6) is 0.778. The third-order valence-corrected chi connectivity index (χ3v) is 3.43. The van der Waals surface area contributed by atoms with Gasteiger partial charge in [-0.3, -0.25) is 4.79 Å². The SMILES string of the molecule is N#Cc1ccnc(N2CCCC(C(=O)NCCN)C2)c1. The highest BCUT2D eigenvalue weighted by Gasteiger charge is 2.26. The number of rotatable bonds is 4. The minimum atomic E-state index is -0.0390. The van der Waals surface area contributed by atoms with Crippen LogP contribution < -0.4 is 16.0 Å². The molecule has 0 saturated carbocycles. The van der Waals surface area contributed by atoms with Gasteiger partial charge in [-0.1, -0.05) is 0 Å². The fraction of sp³-hybridized carbons (Fsp3) is 0.500. The van der Waals surface area contributed by atoms with Crippen molar-refractivity contribution in [2.45, 2.75) is 12.8 Å². The third kappa shape index (κ3) is 3.45. The van der Waals surface area contributed by atoms with Gasteiger partial charge in [-0.05, 0) is 25.0 Å². The number of carbonyl (C=O) groups is 1. The molecule has 3 N–H and O–H groups in total. The summed E-state index contributed by atoms with van der Waals surface area (Å²) in [6, 6.07) is 5.55. The maximum Gasteiger partial charge on any atom is 0.224 e. The maximum atomic E-state index is 12.0. The summed E-state index contributed by atoms with van der Waals surface area (Å²) in [6.07, 6.45) is 3.45. The second kappa shape index (κ2) is 6.87.